The van der Waals surface area contributed by atoms with E-state index in [4.69, 9.17) is 0 Å². The molecule has 2 aromatic rings. The summed E-state index contributed by atoms with van der Waals surface area (Å²) in [5.74, 6) is 0. The summed E-state index contributed by atoms with van der Waals surface area (Å²) in [6.45, 7) is 8.82. The van der Waals surface area contributed by atoms with Crippen LogP contribution in [-0.4, -0.2) is 9.52 Å². The molecule has 0 spiro atoms. The number of hydrogen-bond acceptors (Lipinski definition) is 0. The zero-order valence-electron chi connectivity index (χ0n) is 14.3. The molecule has 0 saturated heterocycles. The van der Waals surface area contributed by atoms with Gasteiger partial charge in [-0.15, -0.1) is 0 Å². The van der Waals surface area contributed by atoms with Crippen molar-refractivity contribution in [3.05, 3.63) is 59.7 Å². The molecule has 0 heterocycles. The first-order valence-corrected chi connectivity index (χ1v) is 9.74. The first-order chi connectivity index (χ1) is 9.28. The second-order valence-corrected chi connectivity index (χ2v) is 5.82. The average Bonchev–Trinajstić information content (AvgIpc) is 3.05. The number of aryl methyl sites for hydroxylation is 2. The normalized spacial score (nSPS) is 7.82. The third-order valence-corrected chi connectivity index (χ3v) is 2.54. The fourth-order valence-electron chi connectivity index (χ4n) is 1.74. The molecule has 0 aromatic heterocycles. The van der Waals surface area contributed by atoms with Crippen molar-refractivity contribution < 1.29 is 51.0 Å². The van der Waals surface area contributed by atoms with Gasteiger partial charge in [0.05, 0.1) is 0 Å². The van der Waals surface area contributed by atoms with Gasteiger partial charge in [-0.05, 0) is 0 Å². The molecule has 0 aliphatic heterocycles. The predicted molar refractivity (Wildman–Crippen MR) is 90.9 cm³/mol. The SMILES string of the molecule is CCC[c-]1cccc1.CCC[c-]1cccc1.C[SiH]C.[Cl-].[Cl-].[Zr+4]. The molecule has 0 aliphatic rings. The van der Waals surface area contributed by atoms with Crippen LogP contribution in [0.2, 0.25) is 13.1 Å². The van der Waals surface area contributed by atoms with Crippen LogP contribution >= 0.6 is 0 Å². The monoisotopic (exact) mass is 433 g/mol. The summed E-state index contributed by atoms with van der Waals surface area (Å²) >= 11 is 0. The molecule has 0 bridgehead atoms. The van der Waals surface area contributed by atoms with Gasteiger partial charge in [-0.25, -0.2) is 24.3 Å². The summed E-state index contributed by atoms with van der Waals surface area (Å²) in [4.78, 5) is 0. The maximum absolute atomic E-state index is 2.21. The Bertz CT molecular complexity index is 322. The zero-order chi connectivity index (χ0) is 14.3. The summed E-state index contributed by atoms with van der Waals surface area (Å²) < 4.78 is 0. The molecule has 0 saturated carbocycles. The predicted octanol–water partition coefficient (Wildman–Crippen LogP) is -0.759. The number of halogens is 2. The van der Waals surface area contributed by atoms with E-state index in [2.05, 4.69) is 75.5 Å². The third-order valence-electron chi connectivity index (χ3n) is 2.54. The quantitative estimate of drug-likeness (QED) is 0.438. The van der Waals surface area contributed by atoms with E-state index < -0.39 is 0 Å². The molecule has 4 heteroatoms. The Balaban J connectivity index is -0.000000112. The first-order valence-electron chi connectivity index (χ1n) is 7.43. The standard InChI is InChI=1S/2C8H11.C2H7Si.2ClH.Zr/c2*1-2-5-8-6-3-4-7-8;1-3-2;;;/h2*3-4,6-7H,2,5H2,1H3;3H,1-2H3;2*1H;/q2*-1;;;;+4/p-2. The van der Waals surface area contributed by atoms with Gasteiger partial charge in [-0.3, -0.25) is 0 Å². The van der Waals surface area contributed by atoms with Crippen molar-refractivity contribution in [2.24, 2.45) is 0 Å². The van der Waals surface area contributed by atoms with E-state index in [-0.39, 0.29) is 51.0 Å². The van der Waals surface area contributed by atoms with Gasteiger partial charge in [0.2, 0.25) is 0 Å². The Hall–Kier alpha value is 0.380. The molecular weight excluding hydrogens is 406 g/mol. The molecule has 2 aromatic carbocycles. The molecule has 0 amide bonds. The van der Waals surface area contributed by atoms with Crippen LogP contribution in [0, 0.1) is 0 Å². The van der Waals surface area contributed by atoms with Gasteiger partial charge < -0.3 is 24.8 Å². The smallest absolute Gasteiger partial charge is 1.00 e. The summed E-state index contributed by atoms with van der Waals surface area (Å²) in [7, 11) is 0.750. The van der Waals surface area contributed by atoms with E-state index in [9.17, 15) is 0 Å². The molecule has 0 N–H and O–H groups in total. The zero-order valence-corrected chi connectivity index (χ0v) is 19.4. The Morgan fingerprint density at radius 3 is 1.09 bits per heavy atom. The summed E-state index contributed by atoms with van der Waals surface area (Å²) in [6.07, 6.45) is 4.97. The van der Waals surface area contributed by atoms with E-state index >= 15 is 0 Å². The van der Waals surface area contributed by atoms with Gasteiger partial charge in [0.15, 0.2) is 0 Å². The minimum atomic E-state index is 0. The van der Waals surface area contributed by atoms with Crippen LogP contribution in [0.5, 0.6) is 0 Å². The fourth-order valence-corrected chi connectivity index (χ4v) is 1.74. The topological polar surface area (TPSA) is 0 Å². The van der Waals surface area contributed by atoms with Crippen LogP contribution in [0.1, 0.15) is 37.8 Å². The molecule has 123 valence electrons. The average molecular weight is 436 g/mol. The van der Waals surface area contributed by atoms with E-state index in [0.717, 1.165) is 9.52 Å². The molecule has 22 heavy (non-hydrogen) atoms. The molecule has 0 nitrogen and oxygen atoms in total. The molecule has 0 atom stereocenters. The second-order valence-electron chi connectivity index (χ2n) is 4.66. The van der Waals surface area contributed by atoms with Gasteiger partial charge in [-0.1, -0.05) is 52.6 Å². The van der Waals surface area contributed by atoms with Gasteiger partial charge in [0.25, 0.3) is 0 Å². The van der Waals surface area contributed by atoms with Gasteiger partial charge in [0.1, 0.15) is 0 Å². The minimum Gasteiger partial charge on any atom is -1.00 e. The first kappa shape index (κ1) is 30.3. The van der Waals surface area contributed by atoms with Crippen LogP contribution in [0.15, 0.2) is 48.5 Å². The number of rotatable bonds is 4. The second kappa shape index (κ2) is 23.6. The van der Waals surface area contributed by atoms with Crippen LogP contribution in [0.4, 0.5) is 0 Å². The largest absolute Gasteiger partial charge is 4.00 e. The Kier molecular flexibility index (Phi) is 32.5. The number of hydrogen-bond donors (Lipinski definition) is 0. The van der Waals surface area contributed by atoms with Crippen LogP contribution in [-0.2, 0) is 39.0 Å². The van der Waals surface area contributed by atoms with Crippen molar-refractivity contribution in [3.8, 4) is 0 Å². The molecule has 2 rings (SSSR count). The Labute approximate surface area is 172 Å². The molecule has 0 fully saturated rings. The van der Waals surface area contributed by atoms with Gasteiger partial charge in [0, 0.05) is 9.52 Å². The van der Waals surface area contributed by atoms with E-state index in [1.54, 1.807) is 0 Å². The van der Waals surface area contributed by atoms with Crippen molar-refractivity contribution in [3.63, 3.8) is 0 Å². The van der Waals surface area contributed by atoms with Crippen molar-refractivity contribution in [1.29, 1.82) is 0 Å². The molecule has 0 unspecified atom stereocenters. The Morgan fingerprint density at radius 2 is 0.909 bits per heavy atom. The summed E-state index contributed by atoms with van der Waals surface area (Å²) in [5.41, 5.74) is 2.93. The third kappa shape index (κ3) is 18.4. The van der Waals surface area contributed by atoms with E-state index in [1.165, 1.54) is 36.8 Å². The van der Waals surface area contributed by atoms with Gasteiger partial charge in [-0.2, -0.15) is 35.4 Å². The van der Waals surface area contributed by atoms with E-state index in [1.807, 2.05) is 0 Å². The minimum absolute atomic E-state index is 0. The van der Waals surface area contributed by atoms with Crippen molar-refractivity contribution in [2.45, 2.75) is 52.6 Å². The fraction of sp³-hybridized carbons (Fsp3) is 0.444. The van der Waals surface area contributed by atoms with Crippen LogP contribution in [0.3, 0.4) is 0 Å². The summed E-state index contributed by atoms with van der Waals surface area (Å²) in [6, 6.07) is 17.0. The van der Waals surface area contributed by atoms with Crippen molar-refractivity contribution in [2.75, 3.05) is 0 Å². The Morgan fingerprint density at radius 1 is 0.682 bits per heavy atom. The van der Waals surface area contributed by atoms with Gasteiger partial charge >= 0.3 is 26.2 Å². The summed E-state index contributed by atoms with van der Waals surface area (Å²) in [5, 5.41) is 0. The van der Waals surface area contributed by atoms with Crippen molar-refractivity contribution >= 4 is 9.52 Å². The molecular formula is C18H29Cl2SiZr. The molecule has 1 radical (unpaired) electrons. The van der Waals surface area contributed by atoms with Crippen LogP contribution < -0.4 is 24.8 Å². The maximum Gasteiger partial charge on any atom is 4.00 e. The van der Waals surface area contributed by atoms with E-state index in [0.29, 0.717) is 0 Å². The molecule has 0 aliphatic carbocycles. The maximum atomic E-state index is 2.21. The van der Waals surface area contributed by atoms with Crippen molar-refractivity contribution in [1.82, 2.24) is 0 Å². The van der Waals surface area contributed by atoms with Crippen LogP contribution in [0.25, 0.3) is 0 Å².